The third-order valence-electron chi connectivity index (χ3n) is 4.98. The van der Waals surface area contributed by atoms with E-state index in [1.165, 1.54) is 23.5 Å². The highest BCUT2D eigenvalue weighted by molar-refractivity contribution is 7.89. The fourth-order valence-corrected chi connectivity index (χ4v) is 4.88. The lowest BCUT2D eigenvalue weighted by atomic mass is 9.97. The number of hydrogen-bond donors (Lipinski definition) is 0. The van der Waals surface area contributed by atoms with Crippen LogP contribution < -0.4 is 0 Å². The molecule has 0 aromatic heterocycles. The van der Waals surface area contributed by atoms with E-state index in [0.717, 1.165) is 12.1 Å². The molecule has 2 rings (SSSR count). The number of ether oxygens (including phenoxy) is 1. The average molecular weight is 414 g/mol. The molecule has 0 spiro atoms. The normalized spacial score (nSPS) is 19.1. The zero-order chi connectivity index (χ0) is 20.9. The minimum atomic E-state index is -3.80. The van der Waals surface area contributed by atoms with Crippen LogP contribution in [-0.2, 0) is 24.3 Å². The largest absolute Gasteiger partial charge is 0.469 e. The van der Waals surface area contributed by atoms with Gasteiger partial charge < -0.3 is 9.64 Å². The molecule has 1 fully saturated rings. The molecule has 0 aliphatic carbocycles. The minimum Gasteiger partial charge on any atom is -0.469 e. The van der Waals surface area contributed by atoms with E-state index in [9.17, 15) is 22.4 Å². The average Bonchev–Trinajstić information content (AvgIpc) is 2.71. The van der Waals surface area contributed by atoms with Crippen molar-refractivity contribution in [2.24, 2.45) is 11.8 Å². The SMILES string of the molecule is CCN(CC(C)C(=O)OC)C(=O)C1CCCN(S(=O)(=O)c2ccc(F)cc2)C1. The lowest BCUT2D eigenvalue weighted by molar-refractivity contribution is -0.147. The zero-order valence-electron chi connectivity index (χ0n) is 16.4. The van der Waals surface area contributed by atoms with Gasteiger partial charge in [0.25, 0.3) is 0 Å². The first-order valence-corrected chi connectivity index (χ1v) is 10.8. The second kappa shape index (κ2) is 9.47. The topological polar surface area (TPSA) is 84.0 Å². The summed E-state index contributed by atoms with van der Waals surface area (Å²) < 4.78 is 44.8. The molecule has 28 heavy (non-hydrogen) atoms. The molecule has 0 N–H and O–H groups in total. The second-order valence-electron chi connectivity index (χ2n) is 6.96. The minimum absolute atomic E-state index is 0.00802. The third-order valence-corrected chi connectivity index (χ3v) is 6.86. The second-order valence-corrected chi connectivity index (χ2v) is 8.90. The summed E-state index contributed by atoms with van der Waals surface area (Å²) in [6, 6.07) is 4.66. The molecular weight excluding hydrogens is 387 g/mol. The van der Waals surface area contributed by atoms with Gasteiger partial charge in [0.15, 0.2) is 0 Å². The third kappa shape index (κ3) is 5.08. The summed E-state index contributed by atoms with van der Waals surface area (Å²) >= 11 is 0. The maximum Gasteiger partial charge on any atom is 0.310 e. The Morgan fingerprint density at radius 3 is 2.54 bits per heavy atom. The molecule has 1 amide bonds. The first-order valence-electron chi connectivity index (χ1n) is 9.33. The molecule has 1 aliphatic heterocycles. The van der Waals surface area contributed by atoms with Crippen LogP contribution in [0.1, 0.15) is 26.7 Å². The Hall–Kier alpha value is -2.00. The van der Waals surface area contributed by atoms with Crippen LogP contribution in [0.15, 0.2) is 29.2 Å². The standard InChI is InChI=1S/C19H27FN2O5S/c1-4-21(12-14(2)19(24)27-3)18(23)15-6-5-11-22(13-15)28(25,26)17-9-7-16(20)8-10-17/h7-10,14-15H,4-6,11-13H2,1-3H3. The molecule has 9 heteroatoms. The van der Waals surface area contributed by atoms with E-state index < -0.39 is 33.6 Å². The van der Waals surface area contributed by atoms with E-state index >= 15 is 0 Å². The van der Waals surface area contributed by atoms with Crippen molar-refractivity contribution in [3.63, 3.8) is 0 Å². The lowest BCUT2D eigenvalue weighted by Crippen LogP contribution is -2.48. The van der Waals surface area contributed by atoms with Crippen molar-refractivity contribution in [2.75, 3.05) is 33.3 Å². The highest BCUT2D eigenvalue weighted by Crippen LogP contribution is 2.25. The monoisotopic (exact) mass is 414 g/mol. The number of amides is 1. The van der Waals surface area contributed by atoms with Crippen LogP contribution in [0.3, 0.4) is 0 Å². The molecule has 0 bridgehead atoms. The summed E-state index contributed by atoms with van der Waals surface area (Å²) in [6.45, 7) is 4.53. The molecule has 0 radical (unpaired) electrons. The van der Waals surface area contributed by atoms with E-state index in [1.54, 1.807) is 11.8 Å². The molecule has 2 atom stereocenters. The quantitative estimate of drug-likeness (QED) is 0.636. The van der Waals surface area contributed by atoms with Gasteiger partial charge in [0.05, 0.1) is 23.8 Å². The first kappa shape index (κ1) is 22.3. The molecule has 7 nitrogen and oxygen atoms in total. The number of halogens is 1. The Bertz CT molecular complexity index is 797. The highest BCUT2D eigenvalue weighted by Gasteiger charge is 2.35. The number of nitrogens with zero attached hydrogens (tertiary/aromatic N) is 2. The Labute approximate surface area is 165 Å². The highest BCUT2D eigenvalue weighted by atomic mass is 32.2. The Kier molecular flexibility index (Phi) is 7.54. The number of rotatable bonds is 7. The van der Waals surface area contributed by atoms with Crippen molar-refractivity contribution >= 4 is 21.9 Å². The van der Waals surface area contributed by atoms with Crippen LogP contribution in [0, 0.1) is 17.7 Å². The number of esters is 1. The van der Waals surface area contributed by atoms with Gasteiger partial charge in [-0.05, 0) is 44.0 Å². The first-order chi connectivity index (χ1) is 13.2. The van der Waals surface area contributed by atoms with Gasteiger partial charge in [0, 0.05) is 26.2 Å². The van der Waals surface area contributed by atoms with Crippen molar-refractivity contribution in [2.45, 2.75) is 31.6 Å². The van der Waals surface area contributed by atoms with Gasteiger partial charge in [-0.1, -0.05) is 6.92 Å². The zero-order valence-corrected chi connectivity index (χ0v) is 17.2. The van der Waals surface area contributed by atoms with Crippen LogP contribution in [0.25, 0.3) is 0 Å². The molecule has 2 unspecified atom stereocenters. The maximum atomic E-state index is 13.1. The van der Waals surface area contributed by atoms with Gasteiger partial charge in [-0.2, -0.15) is 4.31 Å². The van der Waals surface area contributed by atoms with Gasteiger partial charge in [0.1, 0.15) is 5.82 Å². The van der Waals surface area contributed by atoms with Gasteiger partial charge in [0.2, 0.25) is 15.9 Å². The van der Waals surface area contributed by atoms with E-state index in [2.05, 4.69) is 0 Å². The number of benzene rings is 1. The molecule has 1 aliphatic rings. The summed E-state index contributed by atoms with van der Waals surface area (Å²) in [4.78, 5) is 26.2. The predicted octanol–water partition coefficient (Wildman–Crippen LogP) is 1.88. The van der Waals surface area contributed by atoms with Crippen LogP contribution in [-0.4, -0.2) is 62.8 Å². The molecule has 1 heterocycles. The van der Waals surface area contributed by atoms with Gasteiger partial charge in [-0.15, -0.1) is 0 Å². The number of carbonyl (C=O) groups is 2. The summed E-state index contributed by atoms with van der Waals surface area (Å²) in [5.74, 6) is -2.01. The lowest BCUT2D eigenvalue weighted by Gasteiger charge is -2.34. The Morgan fingerprint density at radius 1 is 1.32 bits per heavy atom. The number of hydrogen-bond acceptors (Lipinski definition) is 5. The van der Waals surface area contributed by atoms with Crippen LogP contribution in [0.4, 0.5) is 4.39 Å². The fourth-order valence-electron chi connectivity index (χ4n) is 3.36. The van der Waals surface area contributed by atoms with Crippen molar-refractivity contribution in [3.05, 3.63) is 30.1 Å². The smallest absolute Gasteiger partial charge is 0.310 e. The maximum absolute atomic E-state index is 13.1. The Morgan fingerprint density at radius 2 is 1.96 bits per heavy atom. The van der Waals surface area contributed by atoms with Gasteiger partial charge >= 0.3 is 5.97 Å². The van der Waals surface area contributed by atoms with Gasteiger partial charge in [-0.3, -0.25) is 9.59 Å². The predicted molar refractivity (Wildman–Crippen MR) is 101 cm³/mol. The number of sulfonamides is 1. The number of piperidine rings is 1. The summed E-state index contributed by atoms with van der Waals surface area (Å²) in [7, 11) is -2.49. The molecular formula is C19H27FN2O5S. The van der Waals surface area contributed by atoms with E-state index in [4.69, 9.17) is 4.74 Å². The summed E-state index contributed by atoms with van der Waals surface area (Å²) in [6.07, 6.45) is 1.14. The Balaban J connectivity index is 2.11. The van der Waals surface area contributed by atoms with E-state index in [0.29, 0.717) is 25.9 Å². The molecule has 1 saturated heterocycles. The number of carbonyl (C=O) groups excluding carboxylic acids is 2. The van der Waals surface area contributed by atoms with Crippen LogP contribution in [0.2, 0.25) is 0 Å². The summed E-state index contributed by atoms with van der Waals surface area (Å²) in [5, 5.41) is 0. The fraction of sp³-hybridized carbons (Fsp3) is 0.579. The van der Waals surface area contributed by atoms with E-state index in [-0.39, 0.29) is 23.9 Å². The molecule has 1 aromatic carbocycles. The molecule has 0 saturated carbocycles. The van der Waals surface area contributed by atoms with Crippen molar-refractivity contribution < 1.29 is 27.1 Å². The number of methoxy groups -OCH3 is 1. The van der Waals surface area contributed by atoms with E-state index in [1.807, 2.05) is 6.92 Å². The molecule has 156 valence electrons. The van der Waals surface area contributed by atoms with Crippen LogP contribution in [0.5, 0.6) is 0 Å². The van der Waals surface area contributed by atoms with Crippen molar-refractivity contribution in [1.82, 2.24) is 9.21 Å². The van der Waals surface area contributed by atoms with Crippen LogP contribution >= 0.6 is 0 Å². The van der Waals surface area contributed by atoms with Crippen molar-refractivity contribution in [1.29, 1.82) is 0 Å². The van der Waals surface area contributed by atoms with Gasteiger partial charge in [-0.25, -0.2) is 12.8 Å². The van der Waals surface area contributed by atoms with Crippen molar-refractivity contribution in [3.8, 4) is 0 Å². The molecule has 1 aromatic rings. The summed E-state index contributed by atoms with van der Waals surface area (Å²) in [5.41, 5.74) is 0.